The highest BCUT2D eigenvalue weighted by atomic mass is 79.9. The summed E-state index contributed by atoms with van der Waals surface area (Å²) in [7, 11) is 0. The molecule has 1 atom stereocenters. The van der Waals surface area contributed by atoms with Crippen molar-refractivity contribution in [1.29, 1.82) is 0 Å². The fraction of sp³-hybridized carbons (Fsp3) is 1.00. The van der Waals surface area contributed by atoms with E-state index < -0.39 is 0 Å². The van der Waals surface area contributed by atoms with E-state index in [-0.39, 0.29) is 0 Å². The number of hydrogen-bond donors (Lipinski definition) is 0. The molecule has 0 saturated carbocycles. The third kappa shape index (κ3) is 3.74. The molecule has 1 aliphatic heterocycles. The second-order valence-electron chi connectivity index (χ2n) is 5.32. The number of nitrogens with zero attached hydrogens (tertiary/aromatic N) is 1. The lowest BCUT2D eigenvalue weighted by Crippen LogP contribution is -2.43. The van der Waals surface area contributed by atoms with Crippen molar-refractivity contribution in [3.8, 4) is 0 Å². The van der Waals surface area contributed by atoms with Crippen LogP contribution in [-0.4, -0.2) is 29.9 Å². The van der Waals surface area contributed by atoms with Gasteiger partial charge in [-0.2, -0.15) is 0 Å². The summed E-state index contributed by atoms with van der Waals surface area (Å²) in [4.78, 5) is 2.68. The summed E-state index contributed by atoms with van der Waals surface area (Å²) < 4.78 is 0. The molecule has 15 heavy (non-hydrogen) atoms. The molecule has 0 spiro atoms. The molecule has 0 aromatic heterocycles. The van der Waals surface area contributed by atoms with Gasteiger partial charge < -0.3 is 4.90 Å². The third-order valence-corrected chi connectivity index (χ3v) is 5.27. The average Bonchev–Trinajstić information content (AvgIpc) is 2.26. The van der Waals surface area contributed by atoms with E-state index in [0.717, 1.165) is 11.2 Å². The molecule has 2 heteroatoms. The monoisotopic (exact) mass is 275 g/mol. The van der Waals surface area contributed by atoms with Crippen LogP contribution in [0.2, 0.25) is 0 Å². The Bertz CT molecular complexity index is 169. The molecule has 1 rings (SSSR count). The van der Waals surface area contributed by atoms with Crippen molar-refractivity contribution >= 4 is 15.9 Å². The van der Waals surface area contributed by atoms with Crippen molar-refractivity contribution in [2.24, 2.45) is 11.3 Å². The predicted molar refractivity (Wildman–Crippen MR) is 71.6 cm³/mol. The summed E-state index contributed by atoms with van der Waals surface area (Å²) in [5, 5.41) is 1.15. The van der Waals surface area contributed by atoms with Crippen molar-refractivity contribution in [1.82, 2.24) is 4.90 Å². The SMILES string of the molecule is CCC(CC)(CBr)CN1CCCC(C)C1. The van der Waals surface area contributed by atoms with Gasteiger partial charge in [-0.05, 0) is 43.6 Å². The lowest BCUT2D eigenvalue weighted by Gasteiger charge is -2.39. The molecule has 0 bridgehead atoms. The Kier molecular flexibility index (Phi) is 5.62. The zero-order chi connectivity index (χ0) is 11.3. The van der Waals surface area contributed by atoms with Crippen molar-refractivity contribution in [2.75, 3.05) is 25.0 Å². The molecule has 1 nitrogen and oxygen atoms in total. The lowest BCUT2D eigenvalue weighted by molar-refractivity contribution is 0.114. The molecule has 0 N–H and O–H groups in total. The minimum Gasteiger partial charge on any atom is -0.302 e. The number of piperidine rings is 1. The lowest BCUT2D eigenvalue weighted by atomic mass is 9.83. The largest absolute Gasteiger partial charge is 0.302 e. The van der Waals surface area contributed by atoms with Crippen molar-refractivity contribution in [2.45, 2.75) is 46.5 Å². The van der Waals surface area contributed by atoms with Gasteiger partial charge in [-0.3, -0.25) is 0 Å². The third-order valence-electron chi connectivity index (χ3n) is 4.08. The second kappa shape index (κ2) is 6.24. The zero-order valence-corrected chi connectivity index (χ0v) is 12.1. The fourth-order valence-corrected chi connectivity index (χ4v) is 3.58. The summed E-state index contributed by atoms with van der Waals surface area (Å²) >= 11 is 3.71. The predicted octanol–water partition coefficient (Wildman–Crippen LogP) is 3.92. The molecule has 0 aromatic carbocycles. The van der Waals surface area contributed by atoms with Crippen LogP contribution in [0.4, 0.5) is 0 Å². The summed E-state index contributed by atoms with van der Waals surface area (Å²) in [6, 6.07) is 0. The van der Waals surface area contributed by atoms with Gasteiger partial charge in [-0.15, -0.1) is 0 Å². The Morgan fingerprint density at radius 1 is 1.33 bits per heavy atom. The number of halogens is 1. The average molecular weight is 276 g/mol. The molecule has 1 fully saturated rings. The molecule has 1 unspecified atom stereocenters. The van der Waals surface area contributed by atoms with E-state index in [0.29, 0.717) is 5.41 Å². The molecular weight excluding hydrogens is 250 g/mol. The molecular formula is C13H26BrN. The Labute approximate surface area is 104 Å². The van der Waals surface area contributed by atoms with Crippen LogP contribution in [-0.2, 0) is 0 Å². The molecule has 0 amide bonds. The van der Waals surface area contributed by atoms with E-state index in [4.69, 9.17) is 0 Å². The highest BCUT2D eigenvalue weighted by Gasteiger charge is 2.29. The molecule has 0 aromatic rings. The maximum atomic E-state index is 3.71. The summed E-state index contributed by atoms with van der Waals surface area (Å²) in [6.45, 7) is 11.0. The van der Waals surface area contributed by atoms with Crippen LogP contribution in [0, 0.1) is 11.3 Å². The van der Waals surface area contributed by atoms with Crippen molar-refractivity contribution in [3.05, 3.63) is 0 Å². The maximum Gasteiger partial charge on any atom is 0.01000 e. The van der Waals surface area contributed by atoms with Gasteiger partial charge in [0.05, 0.1) is 0 Å². The first kappa shape index (κ1) is 13.5. The van der Waals surface area contributed by atoms with Gasteiger partial charge in [0.2, 0.25) is 0 Å². The maximum absolute atomic E-state index is 3.71. The van der Waals surface area contributed by atoms with E-state index in [1.165, 1.54) is 45.3 Å². The van der Waals surface area contributed by atoms with Gasteiger partial charge in [0.15, 0.2) is 0 Å². The highest BCUT2D eigenvalue weighted by molar-refractivity contribution is 9.09. The molecule has 90 valence electrons. The molecule has 1 aliphatic rings. The van der Waals surface area contributed by atoms with Crippen LogP contribution < -0.4 is 0 Å². The first-order valence-electron chi connectivity index (χ1n) is 6.44. The molecule has 0 aliphatic carbocycles. The van der Waals surface area contributed by atoms with Crippen LogP contribution in [0.5, 0.6) is 0 Å². The van der Waals surface area contributed by atoms with Crippen LogP contribution in [0.1, 0.15) is 46.5 Å². The highest BCUT2D eigenvalue weighted by Crippen LogP contribution is 2.31. The van der Waals surface area contributed by atoms with Crippen LogP contribution in [0.3, 0.4) is 0 Å². The van der Waals surface area contributed by atoms with Crippen LogP contribution in [0.15, 0.2) is 0 Å². The quantitative estimate of drug-likeness (QED) is 0.688. The normalized spacial score (nSPS) is 24.4. The van der Waals surface area contributed by atoms with Gasteiger partial charge in [0.1, 0.15) is 0 Å². The van der Waals surface area contributed by atoms with Gasteiger partial charge in [-0.25, -0.2) is 0 Å². The van der Waals surface area contributed by atoms with E-state index >= 15 is 0 Å². The Morgan fingerprint density at radius 3 is 2.47 bits per heavy atom. The van der Waals surface area contributed by atoms with Gasteiger partial charge in [0.25, 0.3) is 0 Å². The summed E-state index contributed by atoms with van der Waals surface area (Å²) in [5.41, 5.74) is 0.511. The van der Waals surface area contributed by atoms with Gasteiger partial charge >= 0.3 is 0 Å². The fourth-order valence-electron chi connectivity index (χ4n) is 2.61. The first-order chi connectivity index (χ1) is 7.15. The number of hydrogen-bond acceptors (Lipinski definition) is 1. The van der Waals surface area contributed by atoms with Crippen molar-refractivity contribution < 1.29 is 0 Å². The Balaban J connectivity index is 2.49. The number of likely N-dealkylation sites (tertiary alicyclic amines) is 1. The topological polar surface area (TPSA) is 3.24 Å². The first-order valence-corrected chi connectivity index (χ1v) is 7.56. The molecule has 1 saturated heterocycles. The second-order valence-corrected chi connectivity index (χ2v) is 5.88. The minimum absolute atomic E-state index is 0.511. The number of rotatable bonds is 5. The number of alkyl halides is 1. The standard InChI is InChI=1S/C13H26BrN/c1-4-13(5-2,10-14)11-15-8-6-7-12(3)9-15/h12H,4-11H2,1-3H3. The Hall–Kier alpha value is 0.440. The van der Waals surface area contributed by atoms with Gasteiger partial charge in [-0.1, -0.05) is 36.7 Å². The Morgan fingerprint density at radius 2 is 2.00 bits per heavy atom. The van der Waals surface area contributed by atoms with Crippen LogP contribution >= 0.6 is 15.9 Å². The minimum atomic E-state index is 0.511. The van der Waals surface area contributed by atoms with Gasteiger partial charge in [0, 0.05) is 18.4 Å². The van der Waals surface area contributed by atoms with E-state index in [1.54, 1.807) is 0 Å². The van der Waals surface area contributed by atoms with E-state index in [1.807, 2.05) is 0 Å². The molecule has 1 heterocycles. The van der Waals surface area contributed by atoms with Crippen LogP contribution in [0.25, 0.3) is 0 Å². The summed E-state index contributed by atoms with van der Waals surface area (Å²) in [5.74, 6) is 0.903. The zero-order valence-electron chi connectivity index (χ0n) is 10.6. The van der Waals surface area contributed by atoms with E-state index in [9.17, 15) is 0 Å². The smallest absolute Gasteiger partial charge is 0.01000 e. The molecule has 0 radical (unpaired) electrons. The van der Waals surface area contributed by atoms with Crippen molar-refractivity contribution in [3.63, 3.8) is 0 Å². The summed E-state index contributed by atoms with van der Waals surface area (Å²) in [6.07, 6.45) is 5.41. The van der Waals surface area contributed by atoms with E-state index in [2.05, 4.69) is 41.6 Å².